The predicted molar refractivity (Wildman–Crippen MR) is 132 cm³/mol. The molecule has 3 heterocycles. The van der Waals surface area contributed by atoms with Crippen LogP contribution in [-0.2, 0) is 6.54 Å². The lowest BCUT2D eigenvalue weighted by molar-refractivity contribution is 0.0932. The molecule has 0 aliphatic carbocycles. The number of nitrogens with zero attached hydrogens (tertiary/aromatic N) is 2. The van der Waals surface area contributed by atoms with Crippen LogP contribution in [0.2, 0.25) is 0 Å². The maximum Gasteiger partial charge on any atom is 0.252 e. The van der Waals surface area contributed by atoms with Crippen LogP contribution in [0.1, 0.15) is 34.0 Å². The first-order valence-corrected chi connectivity index (χ1v) is 11.9. The maximum atomic E-state index is 12.7. The van der Waals surface area contributed by atoms with Crippen molar-refractivity contribution in [3.05, 3.63) is 69.6 Å². The summed E-state index contributed by atoms with van der Waals surface area (Å²) in [6.07, 6.45) is -0.0221. The highest BCUT2D eigenvalue weighted by molar-refractivity contribution is 7.80. The molecule has 0 spiro atoms. The lowest BCUT2D eigenvalue weighted by Gasteiger charge is -2.44. The molecule has 3 atom stereocenters. The first-order valence-electron chi connectivity index (χ1n) is 10.3. The lowest BCUT2D eigenvalue weighted by Crippen LogP contribution is -2.60. The molecule has 32 heavy (non-hydrogen) atoms. The van der Waals surface area contributed by atoms with Crippen LogP contribution in [0, 0.1) is 12.8 Å². The van der Waals surface area contributed by atoms with Gasteiger partial charge in [0.2, 0.25) is 3.79 Å². The number of amides is 1. The van der Waals surface area contributed by atoms with Gasteiger partial charge in [0, 0.05) is 42.9 Å². The molecular formula is C22H23Cl3N4O2S. The van der Waals surface area contributed by atoms with Crippen molar-refractivity contribution in [1.29, 1.82) is 0 Å². The predicted octanol–water partition coefficient (Wildman–Crippen LogP) is 3.58. The number of alkyl halides is 3. The molecule has 170 valence electrons. The van der Waals surface area contributed by atoms with E-state index in [1.165, 1.54) is 0 Å². The van der Waals surface area contributed by atoms with Crippen molar-refractivity contribution in [2.45, 2.75) is 35.8 Å². The minimum absolute atomic E-state index is 0.0291. The molecule has 0 radical (unpaired) electrons. The Balaban J connectivity index is 1.47. The van der Waals surface area contributed by atoms with E-state index in [0.717, 1.165) is 17.7 Å². The molecule has 1 aromatic carbocycles. The van der Waals surface area contributed by atoms with Gasteiger partial charge in [-0.25, -0.2) is 0 Å². The Morgan fingerprint density at radius 2 is 1.81 bits per heavy atom. The van der Waals surface area contributed by atoms with Gasteiger partial charge in [0.05, 0.1) is 0 Å². The zero-order valence-corrected chi connectivity index (χ0v) is 20.4. The van der Waals surface area contributed by atoms with Gasteiger partial charge in [0.15, 0.2) is 5.11 Å². The number of piperidine rings is 1. The largest absolute Gasteiger partial charge is 0.348 e. The Morgan fingerprint density at radius 1 is 1.09 bits per heavy atom. The first kappa shape index (κ1) is 23.4. The third kappa shape index (κ3) is 5.06. The molecule has 1 amide bonds. The number of benzene rings is 1. The number of hydrogen-bond donors (Lipinski definition) is 2. The second-order valence-corrected chi connectivity index (χ2v) is 11.1. The number of carbonyl (C=O) groups is 1. The van der Waals surface area contributed by atoms with Crippen LogP contribution in [-0.4, -0.2) is 43.5 Å². The summed E-state index contributed by atoms with van der Waals surface area (Å²) in [5.74, 6) is 0.0967. The Labute approximate surface area is 206 Å². The highest BCUT2D eigenvalue weighted by atomic mass is 35.6. The van der Waals surface area contributed by atoms with Crippen molar-refractivity contribution in [3.63, 3.8) is 0 Å². The van der Waals surface area contributed by atoms with Gasteiger partial charge in [-0.1, -0.05) is 58.6 Å². The molecule has 2 aliphatic heterocycles. The smallest absolute Gasteiger partial charge is 0.252 e. The summed E-state index contributed by atoms with van der Waals surface area (Å²) in [6.45, 7) is 3.92. The van der Waals surface area contributed by atoms with E-state index in [-0.39, 0.29) is 23.3 Å². The zero-order chi connectivity index (χ0) is 23.0. The number of rotatable bonds is 3. The fourth-order valence-corrected chi connectivity index (χ4v) is 4.99. The topological polar surface area (TPSA) is 66.4 Å². The van der Waals surface area contributed by atoms with Crippen molar-refractivity contribution >= 4 is 58.0 Å². The normalized spacial score (nSPS) is 20.8. The van der Waals surface area contributed by atoms with E-state index in [2.05, 4.69) is 10.6 Å². The second kappa shape index (κ2) is 9.21. The van der Waals surface area contributed by atoms with Crippen LogP contribution in [0.25, 0.3) is 0 Å². The van der Waals surface area contributed by atoms with Gasteiger partial charge in [0.1, 0.15) is 6.17 Å². The number of fused-ring (bicyclic) bond motifs is 4. The molecule has 2 aliphatic rings. The van der Waals surface area contributed by atoms with Gasteiger partial charge in [-0.05, 0) is 49.7 Å². The molecule has 1 aromatic heterocycles. The SMILES string of the molecule is Cc1ccc(C(=O)NC(NC(=S)N2CC3C[C@@H](C2)c2cccc(=O)n2C3)C(Cl)(Cl)Cl)cc1. The van der Waals surface area contributed by atoms with Crippen LogP contribution >= 0.6 is 47.0 Å². The molecule has 1 fully saturated rings. The fraction of sp³-hybridized carbons (Fsp3) is 0.409. The molecule has 2 N–H and O–H groups in total. The third-order valence-electron chi connectivity index (χ3n) is 5.95. The number of halogens is 3. The minimum Gasteiger partial charge on any atom is -0.348 e. The number of pyridine rings is 1. The molecule has 2 aromatic rings. The quantitative estimate of drug-likeness (QED) is 0.373. The summed E-state index contributed by atoms with van der Waals surface area (Å²) in [5, 5.41) is 6.15. The molecule has 6 nitrogen and oxygen atoms in total. The molecule has 2 bridgehead atoms. The number of thiocarbonyl (C=S) groups is 1. The summed E-state index contributed by atoms with van der Waals surface area (Å²) in [6, 6.07) is 12.5. The van der Waals surface area contributed by atoms with Gasteiger partial charge in [-0.2, -0.15) is 0 Å². The Morgan fingerprint density at radius 3 is 2.50 bits per heavy atom. The van der Waals surface area contributed by atoms with E-state index in [9.17, 15) is 9.59 Å². The number of nitrogens with one attached hydrogen (secondary N) is 2. The van der Waals surface area contributed by atoms with Crippen molar-refractivity contribution < 1.29 is 4.79 Å². The van der Waals surface area contributed by atoms with Crippen molar-refractivity contribution in [2.24, 2.45) is 5.92 Å². The van der Waals surface area contributed by atoms with E-state index >= 15 is 0 Å². The maximum absolute atomic E-state index is 12.7. The standard InChI is InChI=1S/C22H23Cl3N4O2S/c1-13-5-7-15(8-6-13)19(31)26-20(22(23,24)25)27-21(32)28-10-14-9-16(12-28)17-3-2-4-18(30)29(17)11-14/h2-8,14,16,20H,9-12H2,1H3,(H,26,31)(H,27,32)/t14?,16-,20?/m0/s1. The molecular weight excluding hydrogens is 491 g/mol. The average molecular weight is 514 g/mol. The minimum atomic E-state index is -1.82. The third-order valence-corrected chi connectivity index (χ3v) is 6.98. The number of carbonyl (C=O) groups excluding carboxylic acids is 1. The average Bonchev–Trinajstić information content (AvgIpc) is 2.73. The van der Waals surface area contributed by atoms with Crippen LogP contribution < -0.4 is 16.2 Å². The number of likely N-dealkylation sites (tertiary alicyclic amines) is 1. The Bertz CT molecular complexity index is 1080. The zero-order valence-electron chi connectivity index (χ0n) is 17.4. The Hall–Kier alpha value is -1.80. The molecule has 4 rings (SSSR count). The van der Waals surface area contributed by atoms with Gasteiger partial charge >= 0.3 is 0 Å². The summed E-state index contributed by atoms with van der Waals surface area (Å²) < 4.78 is 0.0363. The number of hydrogen-bond acceptors (Lipinski definition) is 3. The Kier molecular flexibility index (Phi) is 6.73. The molecule has 0 saturated carbocycles. The summed E-state index contributed by atoms with van der Waals surface area (Å²) in [4.78, 5) is 26.9. The number of aryl methyl sites for hydroxylation is 1. The molecule has 10 heteroatoms. The van der Waals surface area contributed by atoms with E-state index in [1.807, 2.05) is 34.6 Å². The summed E-state index contributed by atoms with van der Waals surface area (Å²) in [7, 11) is 0. The van der Waals surface area contributed by atoms with Gasteiger partial charge < -0.3 is 20.1 Å². The van der Waals surface area contributed by atoms with E-state index < -0.39 is 9.96 Å². The summed E-state index contributed by atoms with van der Waals surface area (Å²) >= 11 is 24.1. The van der Waals surface area contributed by atoms with Crippen molar-refractivity contribution in [3.8, 4) is 0 Å². The van der Waals surface area contributed by atoms with Gasteiger partial charge in [-0.15, -0.1) is 0 Å². The molecule has 1 saturated heterocycles. The monoisotopic (exact) mass is 512 g/mol. The van der Waals surface area contributed by atoms with Gasteiger partial charge in [-0.3, -0.25) is 9.59 Å². The van der Waals surface area contributed by atoms with Crippen LogP contribution in [0.5, 0.6) is 0 Å². The summed E-state index contributed by atoms with van der Waals surface area (Å²) in [5.41, 5.74) is 2.55. The fourth-order valence-electron chi connectivity index (χ4n) is 4.40. The number of aromatic nitrogens is 1. The highest BCUT2D eigenvalue weighted by Gasteiger charge is 2.39. The molecule has 2 unspecified atom stereocenters. The van der Waals surface area contributed by atoms with Crippen LogP contribution in [0.3, 0.4) is 0 Å². The lowest BCUT2D eigenvalue weighted by atomic mass is 9.83. The van der Waals surface area contributed by atoms with E-state index in [4.69, 9.17) is 47.0 Å². The van der Waals surface area contributed by atoms with Crippen LogP contribution in [0.15, 0.2) is 47.3 Å². The van der Waals surface area contributed by atoms with E-state index in [0.29, 0.717) is 30.3 Å². The van der Waals surface area contributed by atoms with E-state index in [1.54, 1.807) is 24.3 Å². The second-order valence-electron chi connectivity index (χ2n) is 8.37. The van der Waals surface area contributed by atoms with Crippen molar-refractivity contribution in [1.82, 2.24) is 20.1 Å². The van der Waals surface area contributed by atoms with Crippen LogP contribution in [0.4, 0.5) is 0 Å². The van der Waals surface area contributed by atoms with Crippen molar-refractivity contribution in [2.75, 3.05) is 13.1 Å². The first-order chi connectivity index (χ1) is 15.1. The van der Waals surface area contributed by atoms with Gasteiger partial charge in [0.25, 0.3) is 11.5 Å². The highest BCUT2D eigenvalue weighted by Crippen LogP contribution is 2.35.